The predicted molar refractivity (Wildman–Crippen MR) is 85.2 cm³/mol. The highest BCUT2D eigenvalue weighted by molar-refractivity contribution is 7.09. The molecule has 1 rings (SSSR count). The van der Waals surface area contributed by atoms with Crippen LogP contribution in [0.15, 0.2) is 55.0 Å². The number of allylic oxidation sites excluding steroid dienone is 4. The molecule has 1 aromatic rings. The summed E-state index contributed by atoms with van der Waals surface area (Å²) in [6.07, 6.45) is 7.67. The first-order chi connectivity index (χ1) is 9.19. The van der Waals surface area contributed by atoms with Crippen LogP contribution in [0.5, 0.6) is 0 Å². The zero-order valence-electron chi connectivity index (χ0n) is 11.8. The Morgan fingerprint density at radius 1 is 1.32 bits per heavy atom. The van der Waals surface area contributed by atoms with Crippen LogP contribution >= 0.6 is 11.3 Å². The van der Waals surface area contributed by atoms with Gasteiger partial charge in [-0.25, -0.2) is 0 Å². The lowest BCUT2D eigenvalue weighted by Gasteiger charge is -2.18. The first-order valence-electron chi connectivity index (χ1n) is 6.39. The first kappa shape index (κ1) is 17.4. The Hall–Kier alpha value is -1.61. The van der Waals surface area contributed by atoms with Crippen molar-refractivity contribution in [2.45, 2.75) is 26.8 Å². The maximum absolute atomic E-state index is 11.4. The zero-order valence-corrected chi connectivity index (χ0v) is 12.7. The Bertz CT molecular complexity index is 383. The van der Waals surface area contributed by atoms with E-state index in [0.29, 0.717) is 6.42 Å². The largest absolute Gasteiger partial charge is 0.338 e. The summed E-state index contributed by atoms with van der Waals surface area (Å²) in [4.78, 5) is 14.5. The predicted octanol–water partition coefficient (Wildman–Crippen LogP) is 4.42. The van der Waals surface area contributed by atoms with Gasteiger partial charge in [0.15, 0.2) is 0 Å². The van der Waals surface area contributed by atoms with E-state index >= 15 is 0 Å². The number of carbonyl (C=O) groups excluding carboxylic acids is 1. The summed E-state index contributed by atoms with van der Waals surface area (Å²) in [5, 5.41) is 2.04. The van der Waals surface area contributed by atoms with Crippen LogP contribution < -0.4 is 0 Å². The van der Waals surface area contributed by atoms with Crippen molar-refractivity contribution in [1.29, 1.82) is 0 Å². The Morgan fingerprint density at radius 3 is 2.32 bits per heavy atom. The van der Waals surface area contributed by atoms with Gasteiger partial charge in [-0.2, -0.15) is 0 Å². The third kappa shape index (κ3) is 8.16. The van der Waals surface area contributed by atoms with Crippen molar-refractivity contribution in [3.05, 3.63) is 59.9 Å². The normalized spacial score (nSPS) is 9.58. The van der Waals surface area contributed by atoms with Gasteiger partial charge in [0.25, 0.3) is 0 Å². The second kappa shape index (κ2) is 11.5. The average molecular weight is 277 g/mol. The summed E-state index contributed by atoms with van der Waals surface area (Å²) in [5.41, 5.74) is 0. The van der Waals surface area contributed by atoms with Gasteiger partial charge < -0.3 is 4.90 Å². The molecule has 3 heteroatoms. The highest BCUT2D eigenvalue weighted by Gasteiger charge is 2.09. The van der Waals surface area contributed by atoms with Crippen molar-refractivity contribution in [3.63, 3.8) is 0 Å². The molecule has 0 aromatic carbocycles. The summed E-state index contributed by atoms with van der Waals surface area (Å²) in [5.74, 6) is 0.232. The van der Waals surface area contributed by atoms with Gasteiger partial charge in [-0.1, -0.05) is 50.5 Å². The van der Waals surface area contributed by atoms with E-state index in [1.54, 1.807) is 23.5 Å². The Kier molecular flexibility index (Phi) is 10.5. The summed E-state index contributed by atoms with van der Waals surface area (Å²) in [6.45, 7) is 12.4. The molecule has 0 spiro atoms. The zero-order chi connectivity index (χ0) is 14.5. The number of rotatable bonds is 6. The minimum absolute atomic E-state index is 0.232. The molecule has 104 valence electrons. The van der Waals surface area contributed by atoms with Gasteiger partial charge in [-0.15, -0.1) is 11.3 Å². The number of amides is 1. The fraction of sp³-hybridized carbons (Fsp3) is 0.312. The van der Waals surface area contributed by atoms with Crippen molar-refractivity contribution in [3.8, 4) is 0 Å². The van der Waals surface area contributed by atoms with Crippen molar-refractivity contribution in [1.82, 2.24) is 4.90 Å². The van der Waals surface area contributed by atoms with E-state index in [1.165, 1.54) is 4.88 Å². The van der Waals surface area contributed by atoms with E-state index < -0.39 is 0 Å². The average Bonchev–Trinajstić information content (AvgIpc) is 2.95. The third-order valence-electron chi connectivity index (χ3n) is 2.35. The molecule has 0 atom stereocenters. The van der Waals surface area contributed by atoms with Gasteiger partial charge in [0, 0.05) is 17.8 Å². The highest BCUT2D eigenvalue weighted by atomic mass is 32.1. The van der Waals surface area contributed by atoms with E-state index in [9.17, 15) is 4.79 Å². The summed E-state index contributed by atoms with van der Waals surface area (Å²) in [6, 6.07) is 4.08. The first-order valence-corrected chi connectivity index (χ1v) is 7.27. The van der Waals surface area contributed by atoms with Crippen LogP contribution in [-0.4, -0.2) is 17.4 Å². The van der Waals surface area contributed by atoms with E-state index in [0.717, 1.165) is 13.1 Å². The number of hydrogen-bond donors (Lipinski definition) is 0. The Balaban J connectivity index is 0.000000459. The Morgan fingerprint density at radius 2 is 1.95 bits per heavy atom. The molecule has 1 heterocycles. The number of carbonyl (C=O) groups is 1. The van der Waals surface area contributed by atoms with Gasteiger partial charge in [0.05, 0.1) is 6.54 Å². The quantitative estimate of drug-likeness (QED) is 0.705. The topological polar surface area (TPSA) is 20.3 Å². The fourth-order valence-corrected chi connectivity index (χ4v) is 2.07. The lowest BCUT2D eigenvalue weighted by molar-refractivity contribution is -0.131. The van der Waals surface area contributed by atoms with E-state index in [1.807, 2.05) is 42.3 Å². The molecule has 0 aliphatic heterocycles. The lowest BCUT2D eigenvalue weighted by Crippen LogP contribution is -2.29. The van der Waals surface area contributed by atoms with Gasteiger partial charge in [0.2, 0.25) is 5.91 Å². The van der Waals surface area contributed by atoms with Crippen LogP contribution in [0.1, 0.15) is 25.1 Å². The molecule has 0 unspecified atom stereocenters. The van der Waals surface area contributed by atoms with Crippen LogP contribution in [0.4, 0.5) is 0 Å². The van der Waals surface area contributed by atoms with Crippen molar-refractivity contribution in [2.75, 3.05) is 6.54 Å². The summed E-state index contributed by atoms with van der Waals surface area (Å²) >= 11 is 1.70. The molecular formula is C16H23NOS. The molecule has 0 fully saturated rings. The molecule has 0 saturated heterocycles. The minimum atomic E-state index is 0.232. The third-order valence-corrected chi connectivity index (χ3v) is 3.21. The van der Waals surface area contributed by atoms with Crippen LogP contribution in [-0.2, 0) is 11.3 Å². The van der Waals surface area contributed by atoms with Gasteiger partial charge in [-0.3, -0.25) is 4.79 Å². The molecule has 0 radical (unpaired) electrons. The van der Waals surface area contributed by atoms with Crippen LogP contribution in [0.2, 0.25) is 0 Å². The van der Waals surface area contributed by atoms with Crippen molar-refractivity contribution < 1.29 is 4.79 Å². The summed E-state index contributed by atoms with van der Waals surface area (Å²) < 4.78 is 0. The Labute approximate surface area is 120 Å². The van der Waals surface area contributed by atoms with E-state index in [-0.39, 0.29) is 5.91 Å². The second-order valence-electron chi connectivity index (χ2n) is 3.70. The monoisotopic (exact) mass is 277 g/mol. The molecule has 19 heavy (non-hydrogen) atoms. The second-order valence-corrected chi connectivity index (χ2v) is 4.73. The van der Waals surface area contributed by atoms with Crippen LogP contribution in [0.3, 0.4) is 0 Å². The smallest absolute Gasteiger partial charge is 0.222 e. The van der Waals surface area contributed by atoms with Gasteiger partial charge in [-0.05, 0) is 18.4 Å². The van der Waals surface area contributed by atoms with E-state index in [4.69, 9.17) is 0 Å². The minimum Gasteiger partial charge on any atom is -0.338 e. The molecular weight excluding hydrogens is 254 g/mol. The number of hydrogen-bond acceptors (Lipinski definition) is 2. The lowest BCUT2D eigenvalue weighted by atomic mass is 10.3. The molecule has 0 bridgehead atoms. The molecule has 1 amide bonds. The van der Waals surface area contributed by atoms with Crippen LogP contribution in [0.25, 0.3) is 0 Å². The molecule has 0 aliphatic carbocycles. The number of nitrogens with zero attached hydrogens (tertiary/aromatic N) is 1. The van der Waals surface area contributed by atoms with Gasteiger partial charge in [0.1, 0.15) is 0 Å². The number of thiophene rings is 1. The standard InChI is InChI=1S/C10H15NOS.C6H8/c1-3-10(12)11(4-2)8-9-6-5-7-13-9;1-3-5-6-4-2/h5-7H,3-4,8H2,1-2H3;3-6H,1-2H2/b;6-5-. The maximum Gasteiger partial charge on any atom is 0.222 e. The fourth-order valence-electron chi connectivity index (χ4n) is 1.35. The molecule has 0 N–H and O–H groups in total. The van der Waals surface area contributed by atoms with Crippen molar-refractivity contribution >= 4 is 17.2 Å². The van der Waals surface area contributed by atoms with Crippen molar-refractivity contribution in [2.24, 2.45) is 0 Å². The van der Waals surface area contributed by atoms with Gasteiger partial charge >= 0.3 is 0 Å². The molecule has 1 aromatic heterocycles. The molecule has 0 aliphatic rings. The van der Waals surface area contributed by atoms with E-state index in [2.05, 4.69) is 19.2 Å². The van der Waals surface area contributed by atoms with Crippen LogP contribution in [0, 0.1) is 0 Å². The SMILES string of the molecule is C=C/C=C\C=C.CCC(=O)N(CC)Cc1cccs1. The maximum atomic E-state index is 11.4. The molecule has 2 nitrogen and oxygen atoms in total. The summed E-state index contributed by atoms with van der Waals surface area (Å²) in [7, 11) is 0. The molecule has 0 saturated carbocycles. The highest BCUT2D eigenvalue weighted by Crippen LogP contribution is 2.12.